The third kappa shape index (κ3) is 4.95. The summed E-state index contributed by atoms with van der Waals surface area (Å²) < 4.78 is 31.9. The van der Waals surface area contributed by atoms with Crippen molar-refractivity contribution in [1.29, 1.82) is 0 Å². The van der Waals surface area contributed by atoms with Gasteiger partial charge in [-0.3, -0.25) is 0 Å². The maximum atomic E-state index is 13.6. The predicted octanol–water partition coefficient (Wildman–Crippen LogP) is 4.05. The van der Waals surface area contributed by atoms with E-state index in [0.717, 1.165) is 11.8 Å². The van der Waals surface area contributed by atoms with Crippen molar-refractivity contribution < 1.29 is 23.1 Å². The molecule has 0 bridgehead atoms. The summed E-state index contributed by atoms with van der Waals surface area (Å²) in [5, 5.41) is 0. The molecule has 0 saturated heterocycles. The quantitative estimate of drug-likeness (QED) is 0.561. The summed E-state index contributed by atoms with van der Waals surface area (Å²) in [4.78, 5) is 22.7. The molecule has 1 atom stereocenters. The molecule has 0 amide bonds. The van der Waals surface area contributed by atoms with Crippen molar-refractivity contribution in [3.8, 4) is 0 Å². The Kier molecular flexibility index (Phi) is 6.39. The second-order valence-electron chi connectivity index (χ2n) is 6.01. The standard InChI is InChI=1S/C20H20F2O3/c1-13-18(21)10-16(11-19(13)22)9-15(12-23)4-3-14-5-7-17(8-6-14)20(24)25-2/h5-8,10-12,15H,3-4,9H2,1-2H3. The number of carbonyl (C=O) groups is 2. The average molecular weight is 346 g/mol. The fraction of sp³-hybridized carbons (Fsp3) is 0.300. The second-order valence-corrected chi connectivity index (χ2v) is 6.01. The minimum Gasteiger partial charge on any atom is -0.465 e. The van der Waals surface area contributed by atoms with Gasteiger partial charge in [0, 0.05) is 11.5 Å². The van der Waals surface area contributed by atoms with Crippen LogP contribution in [0.2, 0.25) is 0 Å². The number of halogens is 2. The number of esters is 1. The molecule has 0 aliphatic heterocycles. The third-order valence-corrected chi connectivity index (χ3v) is 4.21. The lowest BCUT2D eigenvalue weighted by molar-refractivity contribution is -0.111. The predicted molar refractivity (Wildman–Crippen MR) is 90.5 cm³/mol. The van der Waals surface area contributed by atoms with Crippen LogP contribution in [0.3, 0.4) is 0 Å². The number of carbonyl (C=O) groups excluding carboxylic acids is 2. The zero-order valence-electron chi connectivity index (χ0n) is 14.2. The van der Waals surface area contributed by atoms with Gasteiger partial charge in [-0.15, -0.1) is 0 Å². The fourth-order valence-electron chi connectivity index (χ4n) is 2.61. The SMILES string of the molecule is COC(=O)c1ccc(CCC(C=O)Cc2cc(F)c(C)c(F)c2)cc1. The Bertz CT molecular complexity index is 731. The van der Waals surface area contributed by atoms with Crippen LogP contribution in [0.15, 0.2) is 36.4 Å². The molecule has 132 valence electrons. The molecule has 0 spiro atoms. The van der Waals surface area contributed by atoms with E-state index in [4.69, 9.17) is 0 Å². The summed E-state index contributed by atoms with van der Waals surface area (Å²) in [6.45, 7) is 1.38. The highest BCUT2D eigenvalue weighted by Gasteiger charge is 2.13. The number of ether oxygens (including phenoxy) is 1. The zero-order chi connectivity index (χ0) is 18.4. The summed E-state index contributed by atoms with van der Waals surface area (Å²) in [5.41, 5.74) is 1.89. The number of hydrogen-bond donors (Lipinski definition) is 0. The molecule has 0 fully saturated rings. The average Bonchev–Trinajstić information content (AvgIpc) is 2.62. The van der Waals surface area contributed by atoms with E-state index in [0.29, 0.717) is 24.0 Å². The van der Waals surface area contributed by atoms with Gasteiger partial charge in [0.25, 0.3) is 0 Å². The zero-order valence-corrected chi connectivity index (χ0v) is 14.2. The highest BCUT2D eigenvalue weighted by atomic mass is 19.1. The Morgan fingerprint density at radius 1 is 1.12 bits per heavy atom. The van der Waals surface area contributed by atoms with E-state index in [1.54, 1.807) is 24.3 Å². The third-order valence-electron chi connectivity index (χ3n) is 4.21. The van der Waals surface area contributed by atoms with E-state index in [1.807, 2.05) is 0 Å². The summed E-state index contributed by atoms with van der Waals surface area (Å²) >= 11 is 0. The van der Waals surface area contributed by atoms with E-state index in [1.165, 1.54) is 26.2 Å². The van der Waals surface area contributed by atoms with Gasteiger partial charge in [0.15, 0.2) is 0 Å². The van der Waals surface area contributed by atoms with Gasteiger partial charge in [-0.1, -0.05) is 12.1 Å². The van der Waals surface area contributed by atoms with Crippen molar-refractivity contribution in [2.45, 2.75) is 26.2 Å². The molecule has 0 saturated carbocycles. The molecule has 2 aromatic rings. The summed E-state index contributed by atoms with van der Waals surface area (Å²) in [5.74, 6) is -1.93. The molecule has 0 aliphatic rings. The Hall–Kier alpha value is -2.56. The molecular weight excluding hydrogens is 326 g/mol. The molecule has 0 aliphatic carbocycles. The molecule has 0 aromatic heterocycles. The van der Waals surface area contributed by atoms with Crippen LogP contribution in [-0.2, 0) is 22.4 Å². The van der Waals surface area contributed by atoms with Gasteiger partial charge in [0.05, 0.1) is 12.7 Å². The Balaban J connectivity index is 1.98. The first-order chi connectivity index (χ1) is 11.9. The van der Waals surface area contributed by atoms with Crippen LogP contribution in [-0.4, -0.2) is 19.4 Å². The van der Waals surface area contributed by atoms with Gasteiger partial charge in [0.1, 0.15) is 17.9 Å². The minimum absolute atomic E-state index is 0.0166. The lowest BCUT2D eigenvalue weighted by Gasteiger charge is -2.12. The fourth-order valence-corrected chi connectivity index (χ4v) is 2.61. The van der Waals surface area contributed by atoms with Gasteiger partial charge in [0.2, 0.25) is 0 Å². The molecule has 0 heterocycles. The van der Waals surface area contributed by atoms with Crippen molar-refractivity contribution in [1.82, 2.24) is 0 Å². The minimum atomic E-state index is -0.599. The van der Waals surface area contributed by atoms with Crippen LogP contribution in [0.25, 0.3) is 0 Å². The van der Waals surface area contributed by atoms with Crippen LogP contribution in [0.4, 0.5) is 8.78 Å². The molecule has 1 unspecified atom stereocenters. The first-order valence-corrected chi connectivity index (χ1v) is 8.01. The molecule has 25 heavy (non-hydrogen) atoms. The van der Waals surface area contributed by atoms with Crippen LogP contribution in [0, 0.1) is 24.5 Å². The molecule has 2 rings (SSSR count). The van der Waals surface area contributed by atoms with E-state index in [-0.39, 0.29) is 17.9 Å². The summed E-state index contributed by atoms with van der Waals surface area (Å²) in [6, 6.07) is 9.50. The highest BCUT2D eigenvalue weighted by Crippen LogP contribution is 2.19. The van der Waals surface area contributed by atoms with E-state index in [2.05, 4.69) is 4.74 Å². The number of rotatable bonds is 7. The molecular formula is C20H20F2O3. The Morgan fingerprint density at radius 2 is 1.72 bits per heavy atom. The van der Waals surface area contributed by atoms with Crippen molar-refractivity contribution in [3.05, 3.63) is 70.3 Å². The van der Waals surface area contributed by atoms with Crippen LogP contribution >= 0.6 is 0 Å². The largest absolute Gasteiger partial charge is 0.465 e. The van der Waals surface area contributed by atoms with E-state index in [9.17, 15) is 18.4 Å². The summed E-state index contributed by atoms with van der Waals surface area (Å²) in [7, 11) is 1.32. The second kappa shape index (κ2) is 8.51. The first kappa shape index (κ1) is 18.8. The normalized spacial score (nSPS) is 11.8. The molecule has 3 nitrogen and oxygen atoms in total. The maximum Gasteiger partial charge on any atom is 0.337 e. The number of aldehydes is 1. The number of benzene rings is 2. The van der Waals surface area contributed by atoms with Crippen LogP contribution in [0.5, 0.6) is 0 Å². The molecule has 2 aromatic carbocycles. The van der Waals surface area contributed by atoms with E-state index < -0.39 is 17.6 Å². The topological polar surface area (TPSA) is 43.4 Å². The van der Waals surface area contributed by atoms with Gasteiger partial charge >= 0.3 is 5.97 Å². The Morgan fingerprint density at radius 3 is 2.24 bits per heavy atom. The smallest absolute Gasteiger partial charge is 0.337 e. The van der Waals surface area contributed by atoms with Crippen molar-refractivity contribution in [2.75, 3.05) is 7.11 Å². The van der Waals surface area contributed by atoms with Gasteiger partial charge < -0.3 is 9.53 Å². The van der Waals surface area contributed by atoms with Gasteiger partial charge in [-0.2, -0.15) is 0 Å². The Labute approximate surface area is 145 Å². The van der Waals surface area contributed by atoms with Crippen molar-refractivity contribution in [3.63, 3.8) is 0 Å². The lowest BCUT2D eigenvalue weighted by Crippen LogP contribution is -2.09. The molecule has 5 heteroatoms. The number of methoxy groups -OCH3 is 1. The number of hydrogen-bond acceptors (Lipinski definition) is 3. The number of aryl methyl sites for hydroxylation is 1. The monoisotopic (exact) mass is 346 g/mol. The molecule has 0 radical (unpaired) electrons. The first-order valence-electron chi connectivity index (χ1n) is 8.01. The highest BCUT2D eigenvalue weighted by molar-refractivity contribution is 5.89. The maximum absolute atomic E-state index is 13.6. The van der Waals surface area contributed by atoms with Crippen molar-refractivity contribution >= 4 is 12.3 Å². The van der Waals surface area contributed by atoms with Crippen LogP contribution < -0.4 is 0 Å². The van der Waals surface area contributed by atoms with Gasteiger partial charge in [-0.05, 0) is 61.6 Å². The van der Waals surface area contributed by atoms with Gasteiger partial charge in [-0.25, -0.2) is 13.6 Å². The van der Waals surface area contributed by atoms with E-state index >= 15 is 0 Å². The lowest BCUT2D eigenvalue weighted by atomic mass is 9.93. The molecule has 0 N–H and O–H groups in total. The van der Waals surface area contributed by atoms with Crippen LogP contribution in [0.1, 0.15) is 33.5 Å². The summed E-state index contributed by atoms with van der Waals surface area (Å²) in [6.07, 6.45) is 2.29. The van der Waals surface area contributed by atoms with Crippen molar-refractivity contribution in [2.24, 2.45) is 5.92 Å².